The van der Waals surface area contributed by atoms with Crippen LogP contribution in [-0.2, 0) is 9.59 Å². The molecule has 1 atom stereocenters. The zero-order valence-corrected chi connectivity index (χ0v) is 12.1. The molecule has 1 saturated heterocycles. The first-order valence-corrected chi connectivity index (χ1v) is 7.18. The molecule has 1 heterocycles. The average molecular weight is 310 g/mol. The van der Waals surface area contributed by atoms with Gasteiger partial charge in [0.15, 0.2) is 0 Å². The number of carboxylic acids is 1. The number of rotatable bonds is 7. The maximum Gasteiger partial charge on any atom is 0.320 e. The zero-order valence-electron chi connectivity index (χ0n) is 12.1. The first kappa shape index (κ1) is 16.2. The lowest BCUT2D eigenvalue weighted by atomic mass is 10.2. The molecule has 0 aromatic heterocycles. The summed E-state index contributed by atoms with van der Waals surface area (Å²) in [5.41, 5.74) is 0. The number of halogens is 1. The van der Waals surface area contributed by atoms with Crippen molar-refractivity contribution in [1.82, 2.24) is 10.2 Å². The number of nitrogens with zero attached hydrogens (tertiary/aromatic N) is 1. The van der Waals surface area contributed by atoms with Crippen molar-refractivity contribution in [2.45, 2.75) is 18.9 Å². The van der Waals surface area contributed by atoms with Gasteiger partial charge in [0.25, 0.3) is 0 Å². The van der Waals surface area contributed by atoms with Crippen molar-refractivity contribution < 1.29 is 23.8 Å². The van der Waals surface area contributed by atoms with E-state index in [4.69, 9.17) is 9.84 Å². The maximum atomic E-state index is 12.9. The lowest BCUT2D eigenvalue weighted by molar-refractivity contribution is -0.142. The SMILES string of the molecule is O=C(CN1CCC[C@H]1C(=O)O)NCCOc1cccc(F)c1. The van der Waals surface area contributed by atoms with Crippen LogP contribution in [0.2, 0.25) is 0 Å². The average Bonchev–Trinajstić information content (AvgIpc) is 2.92. The smallest absolute Gasteiger partial charge is 0.320 e. The molecule has 22 heavy (non-hydrogen) atoms. The Kier molecular flexibility index (Phi) is 5.71. The molecule has 2 N–H and O–H groups in total. The molecule has 0 unspecified atom stereocenters. The summed E-state index contributed by atoms with van der Waals surface area (Å²) in [6.45, 7) is 1.18. The zero-order chi connectivity index (χ0) is 15.9. The van der Waals surface area contributed by atoms with Crippen LogP contribution in [0.25, 0.3) is 0 Å². The maximum absolute atomic E-state index is 12.9. The number of benzene rings is 1. The molecule has 6 nitrogen and oxygen atoms in total. The Hall–Kier alpha value is -2.15. The lowest BCUT2D eigenvalue weighted by Gasteiger charge is -2.20. The van der Waals surface area contributed by atoms with Crippen LogP contribution in [-0.4, -0.2) is 54.2 Å². The van der Waals surface area contributed by atoms with Crippen molar-refractivity contribution in [1.29, 1.82) is 0 Å². The van der Waals surface area contributed by atoms with Gasteiger partial charge in [-0.05, 0) is 31.5 Å². The summed E-state index contributed by atoms with van der Waals surface area (Å²) in [7, 11) is 0. The number of ether oxygens (including phenoxy) is 1. The van der Waals surface area contributed by atoms with Gasteiger partial charge in [0.2, 0.25) is 5.91 Å². The van der Waals surface area contributed by atoms with Gasteiger partial charge >= 0.3 is 5.97 Å². The Labute approximate surface area is 127 Å². The van der Waals surface area contributed by atoms with Gasteiger partial charge in [-0.3, -0.25) is 14.5 Å². The molecule has 1 fully saturated rings. The van der Waals surface area contributed by atoms with Gasteiger partial charge in [0.05, 0.1) is 13.1 Å². The highest BCUT2D eigenvalue weighted by molar-refractivity contribution is 5.80. The van der Waals surface area contributed by atoms with Crippen molar-refractivity contribution in [3.8, 4) is 5.75 Å². The Balaban J connectivity index is 1.66. The molecular weight excluding hydrogens is 291 g/mol. The number of aliphatic carboxylic acids is 1. The Bertz CT molecular complexity index is 538. The minimum Gasteiger partial charge on any atom is -0.492 e. The molecule has 0 saturated carbocycles. The minimum atomic E-state index is -0.889. The van der Waals surface area contributed by atoms with Crippen LogP contribution in [0.3, 0.4) is 0 Å². The number of amides is 1. The second-order valence-electron chi connectivity index (χ2n) is 5.12. The first-order valence-electron chi connectivity index (χ1n) is 7.18. The van der Waals surface area contributed by atoms with Crippen LogP contribution in [0.4, 0.5) is 4.39 Å². The van der Waals surface area contributed by atoms with Crippen molar-refractivity contribution in [2.24, 2.45) is 0 Å². The molecule has 0 spiro atoms. The molecular formula is C15H19FN2O4. The fourth-order valence-corrected chi connectivity index (χ4v) is 2.45. The van der Waals surface area contributed by atoms with E-state index in [0.29, 0.717) is 18.7 Å². The molecule has 1 aromatic rings. The van der Waals surface area contributed by atoms with Crippen LogP contribution < -0.4 is 10.1 Å². The van der Waals surface area contributed by atoms with E-state index >= 15 is 0 Å². The van der Waals surface area contributed by atoms with E-state index in [-0.39, 0.29) is 31.4 Å². The highest BCUT2D eigenvalue weighted by Gasteiger charge is 2.31. The van der Waals surface area contributed by atoms with E-state index in [0.717, 1.165) is 6.42 Å². The number of hydrogen-bond acceptors (Lipinski definition) is 4. The van der Waals surface area contributed by atoms with Gasteiger partial charge in [-0.2, -0.15) is 0 Å². The summed E-state index contributed by atoms with van der Waals surface area (Å²) in [5, 5.41) is 11.7. The van der Waals surface area contributed by atoms with Gasteiger partial charge in [-0.25, -0.2) is 4.39 Å². The summed E-state index contributed by atoms with van der Waals surface area (Å²) < 4.78 is 18.2. The van der Waals surface area contributed by atoms with Crippen molar-refractivity contribution in [3.63, 3.8) is 0 Å². The van der Waals surface area contributed by atoms with Gasteiger partial charge < -0.3 is 15.2 Å². The Morgan fingerprint density at radius 3 is 3.00 bits per heavy atom. The summed E-state index contributed by atoms with van der Waals surface area (Å²) in [5.74, 6) is -1.11. The van der Waals surface area contributed by atoms with Gasteiger partial charge in [0, 0.05) is 6.07 Å². The highest BCUT2D eigenvalue weighted by Crippen LogP contribution is 2.16. The third kappa shape index (κ3) is 4.70. The predicted octanol–water partition coefficient (Wildman–Crippen LogP) is 0.870. The quantitative estimate of drug-likeness (QED) is 0.731. The number of hydrogen-bond donors (Lipinski definition) is 2. The van der Waals surface area contributed by atoms with E-state index in [9.17, 15) is 14.0 Å². The molecule has 120 valence electrons. The van der Waals surface area contributed by atoms with E-state index in [1.54, 1.807) is 17.0 Å². The monoisotopic (exact) mass is 310 g/mol. The number of carbonyl (C=O) groups is 2. The van der Waals surface area contributed by atoms with E-state index in [1.807, 2.05) is 0 Å². The second-order valence-corrected chi connectivity index (χ2v) is 5.12. The topological polar surface area (TPSA) is 78.9 Å². The number of nitrogens with one attached hydrogen (secondary N) is 1. The molecule has 1 aliphatic rings. The molecule has 0 aliphatic carbocycles. The third-order valence-corrected chi connectivity index (χ3v) is 3.48. The second kappa shape index (κ2) is 7.74. The van der Waals surface area contributed by atoms with E-state index in [1.165, 1.54) is 12.1 Å². The van der Waals surface area contributed by atoms with Crippen LogP contribution in [0.1, 0.15) is 12.8 Å². The first-order chi connectivity index (χ1) is 10.6. The highest BCUT2D eigenvalue weighted by atomic mass is 19.1. The largest absolute Gasteiger partial charge is 0.492 e. The fraction of sp³-hybridized carbons (Fsp3) is 0.467. The summed E-state index contributed by atoms with van der Waals surface area (Å²) in [6.07, 6.45) is 1.36. The predicted molar refractivity (Wildman–Crippen MR) is 77.1 cm³/mol. The summed E-state index contributed by atoms with van der Waals surface area (Å²) >= 11 is 0. The summed E-state index contributed by atoms with van der Waals surface area (Å²) in [6, 6.07) is 5.19. The van der Waals surface area contributed by atoms with E-state index in [2.05, 4.69) is 5.32 Å². The van der Waals surface area contributed by atoms with Gasteiger partial charge in [-0.1, -0.05) is 6.07 Å². The van der Waals surface area contributed by atoms with Crippen molar-refractivity contribution >= 4 is 11.9 Å². The molecule has 1 aliphatic heterocycles. The lowest BCUT2D eigenvalue weighted by Crippen LogP contribution is -2.43. The molecule has 1 amide bonds. The van der Waals surface area contributed by atoms with Gasteiger partial charge in [-0.15, -0.1) is 0 Å². The van der Waals surface area contributed by atoms with Crippen LogP contribution in [0.15, 0.2) is 24.3 Å². The summed E-state index contributed by atoms with van der Waals surface area (Å²) in [4.78, 5) is 24.4. The number of carboxylic acid groups (broad SMARTS) is 1. The Morgan fingerprint density at radius 2 is 2.27 bits per heavy atom. The number of carbonyl (C=O) groups excluding carboxylic acids is 1. The van der Waals surface area contributed by atoms with Gasteiger partial charge in [0.1, 0.15) is 24.2 Å². The molecule has 7 heteroatoms. The fourth-order valence-electron chi connectivity index (χ4n) is 2.45. The van der Waals surface area contributed by atoms with Crippen LogP contribution in [0.5, 0.6) is 5.75 Å². The van der Waals surface area contributed by atoms with Crippen LogP contribution in [0, 0.1) is 5.82 Å². The Morgan fingerprint density at radius 1 is 1.45 bits per heavy atom. The number of likely N-dealkylation sites (tertiary alicyclic amines) is 1. The standard InChI is InChI=1S/C15H19FN2O4/c16-11-3-1-4-12(9-11)22-8-6-17-14(19)10-18-7-2-5-13(18)15(20)21/h1,3-4,9,13H,2,5-8,10H2,(H,17,19)(H,20,21)/t13-/m0/s1. The van der Waals surface area contributed by atoms with E-state index < -0.39 is 12.0 Å². The third-order valence-electron chi connectivity index (χ3n) is 3.48. The minimum absolute atomic E-state index is 0.0664. The van der Waals surface area contributed by atoms with Crippen LogP contribution >= 0.6 is 0 Å². The molecule has 2 rings (SSSR count). The van der Waals surface area contributed by atoms with Crippen molar-refractivity contribution in [2.75, 3.05) is 26.2 Å². The molecule has 0 bridgehead atoms. The molecule has 0 radical (unpaired) electrons. The van der Waals surface area contributed by atoms with Crippen molar-refractivity contribution in [3.05, 3.63) is 30.1 Å². The normalized spacial score (nSPS) is 18.1. The molecule has 1 aromatic carbocycles.